The number of carbonyl (C=O) groups excluding carboxylic acids is 1. The molecule has 2 saturated heterocycles. The number of nitrogens with zero attached hydrogens (tertiary/aromatic N) is 1. The van der Waals surface area contributed by atoms with Gasteiger partial charge in [-0.05, 0) is 32.2 Å². The van der Waals surface area contributed by atoms with Crippen molar-refractivity contribution in [2.45, 2.75) is 64.3 Å². The summed E-state index contributed by atoms with van der Waals surface area (Å²) in [5.74, 6) is -1.94. The van der Waals surface area contributed by atoms with E-state index in [1.54, 1.807) is 0 Å². The zero-order valence-corrected chi connectivity index (χ0v) is 11.5. The summed E-state index contributed by atoms with van der Waals surface area (Å²) >= 11 is 0. The van der Waals surface area contributed by atoms with E-state index in [0.29, 0.717) is 11.8 Å². The molecule has 2 heterocycles. The lowest BCUT2D eigenvalue weighted by atomic mass is 10.00. The fourth-order valence-electron chi connectivity index (χ4n) is 2.90. The number of hydrogen-bond donors (Lipinski definition) is 1. The maximum Gasteiger partial charge on any atom is 0.272 e. The average Bonchev–Trinajstić information content (AvgIpc) is 2.39. The predicted octanol–water partition coefficient (Wildman–Crippen LogP) is 2.85. The highest BCUT2D eigenvalue weighted by atomic mass is 19.3. The molecule has 3 aliphatic rings. The molecule has 0 spiro atoms. The number of Topliss-reactive ketones (excluding diaryl/α,β-unsaturated/α-hetero) is 1. The average molecular weight is 290 g/mol. The third-order valence-electron chi connectivity index (χ3n) is 4.07. The maximum atomic E-state index is 12.5. The molecule has 0 amide bonds. The Balaban J connectivity index is 0.000000216. The van der Waals surface area contributed by atoms with Crippen LogP contribution in [-0.4, -0.2) is 48.8 Å². The van der Waals surface area contributed by atoms with Gasteiger partial charge in [-0.2, -0.15) is 0 Å². The molecule has 1 unspecified atom stereocenters. The normalized spacial score (nSPS) is 29.5. The van der Waals surface area contributed by atoms with Crippen molar-refractivity contribution in [3.63, 3.8) is 0 Å². The summed E-state index contributed by atoms with van der Waals surface area (Å²) in [4.78, 5) is 12.3. The van der Waals surface area contributed by atoms with E-state index in [1.807, 2.05) is 4.90 Å². The van der Waals surface area contributed by atoms with Crippen molar-refractivity contribution < 1.29 is 13.6 Å². The maximum absolute atomic E-state index is 12.5. The lowest BCUT2D eigenvalue weighted by Gasteiger charge is -2.45. The highest BCUT2D eigenvalue weighted by Crippen LogP contribution is 2.29. The summed E-state index contributed by atoms with van der Waals surface area (Å²) < 4.78 is 25.0. The zero-order valence-electron chi connectivity index (χ0n) is 11.5. The second-order valence-corrected chi connectivity index (χ2v) is 5.86. The van der Waals surface area contributed by atoms with Gasteiger partial charge in [0.15, 0.2) is 0 Å². The van der Waals surface area contributed by atoms with Crippen LogP contribution in [0.1, 0.15) is 52.4 Å². The van der Waals surface area contributed by atoms with E-state index >= 15 is 0 Å². The van der Waals surface area contributed by atoms with E-state index in [1.165, 1.54) is 6.42 Å². The summed E-state index contributed by atoms with van der Waals surface area (Å²) in [5.41, 5.74) is 0. The van der Waals surface area contributed by atoms with Crippen LogP contribution in [0.15, 0.2) is 0 Å². The molecular weight excluding hydrogens is 262 g/mol. The van der Waals surface area contributed by atoms with Crippen LogP contribution in [-0.2, 0) is 4.79 Å². The van der Waals surface area contributed by atoms with Crippen LogP contribution >= 0.6 is 0 Å². The molecule has 1 aliphatic carbocycles. The standard InChI is InChI=1S/C8H14F2N2.C6H10O.CH4/c9-8(10)5-12(6-8)7-2-1-3-11-4-7;7-6-4-2-1-3-5-6;/h7,11H,1-6H2;1-5H2;1H4. The molecule has 0 aromatic rings. The summed E-state index contributed by atoms with van der Waals surface area (Å²) in [6.45, 7) is 1.87. The molecule has 1 N–H and O–H groups in total. The summed E-state index contributed by atoms with van der Waals surface area (Å²) in [6, 6.07) is 0.360. The Labute approximate surface area is 121 Å². The number of alkyl halides is 2. The SMILES string of the molecule is C.FC1(F)CN(C2CCCNC2)C1.O=C1CCCCC1. The van der Waals surface area contributed by atoms with Gasteiger partial charge in [-0.3, -0.25) is 9.69 Å². The molecule has 3 nitrogen and oxygen atoms in total. The minimum absolute atomic E-state index is 0. The number of hydrogen-bond acceptors (Lipinski definition) is 3. The van der Waals surface area contributed by atoms with Gasteiger partial charge in [-0.25, -0.2) is 8.78 Å². The number of carbonyl (C=O) groups is 1. The van der Waals surface area contributed by atoms with Crippen molar-refractivity contribution in [3.8, 4) is 0 Å². The number of nitrogens with one attached hydrogen (secondary N) is 1. The largest absolute Gasteiger partial charge is 0.315 e. The molecule has 5 heteroatoms. The molecule has 20 heavy (non-hydrogen) atoms. The number of likely N-dealkylation sites (tertiary alicyclic amines) is 1. The van der Waals surface area contributed by atoms with Crippen LogP contribution in [0.5, 0.6) is 0 Å². The van der Waals surface area contributed by atoms with E-state index in [0.717, 1.165) is 51.6 Å². The monoisotopic (exact) mass is 290 g/mol. The van der Waals surface area contributed by atoms with Gasteiger partial charge in [-0.15, -0.1) is 0 Å². The Kier molecular flexibility index (Phi) is 7.03. The van der Waals surface area contributed by atoms with Crippen molar-refractivity contribution in [2.24, 2.45) is 0 Å². The second kappa shape index (κ2) is 8.03. The molecule has 2 aliphatic heterocycles. The summed E-state index contributed by atoms with van der Waals surface area (Å²) in [6.07, 6.45) is 7.43. The van der Waals surface area contributed by atoms with Crippen molar-refractivity contribution >= 4 is 5.78 Å². The lowest BCUT2D eigenvalue weighted by Crippen LogP contribution is -2.62. The quantitative estimate of drug-likeness (QED) is 0.806. The number of ketones is 1. The minimum atomic E-state index is -2.41. The molecule has 0 radical (unpaired) electrons. The fourth-order valence-corrected chi connectivity index (χ4v) is 2.90. The van der Waals surface area contributed by atoms with Gasteiger partial charge in [0.1, 0.15) is 5.78 Å². The first-order valence-electron chi connectivity index (χ1n) is 7.41. The van der Waals surface area contributed by atoms with Crippen molar-refractivity contribution in [1.82, 2.24) is 10.2 Å². The first kappa shape index (κ1) is 17.5. The first-order chi connectivity index (χ1) is 9.07. The van der Waals surface area contributed by atoms with Gasteiger partial charge in [-0.1, -0.05) is 13.8 Å². The molecule has 0 aromatic heterocycles. The van der Waals surface area contributed by atoms with Gasteiger partial charge in [0.05, 0.1) is 13.1 Å². The molecule has 118 valence electrons. The van der Waals surface area contributed by atoms with Crippen LogP contribution < -0.4 is 5.32 Å². The Morgan fingerprint density at radius 1 is 1.10 bits per heavy atom. The first-order valence-corrected chi connectivity index (χ1v) is 7.41. The second-order valence-electron chi connectivity index (χ2n) is 5.86. The van der Waals surface area contributed by atoms with E-state index in [4.69, 9.17) is 0 Å². The fraction of sp³-hybridized carbons (Fsp3) is 0.933. The van der Waals surface area contributed by atoms with Crippen molar-refractivity contribution in [2.75, 3.05) is 26.2 Å². The third kappa shape index (κ3) is 5.44. The van der Waals surface area contributed by atoms with Crippen LogP contribution in [0.3, 0.4) is 0 Å². The molecule has 0 bridgehead atoms. The van der Waals surface area contributed by atoms with E-state index in [9.17, 15) is 13.6 Å². The molecule has 3 rings (SSSR count). The van der Waals surface area contributed by atoms with Gasteiger partial charge in [0.2, 0.25) is 0 Å². The molecule has 1 atom stereocenters. The lowest BCUT2D eigenvalue weighted by molar-refractivity contribution is -0.147. The van der Waals surface area contributed by atoms with Crippen LogP contribution in [0.4, 0.5) is 8.78 Å². The Morgan fingerprint density at radius 3 is 2.15 bits per heavy atom. The number of rotatable bonds is 1. The van der Waals surface area contributed by atoms with E-state index in [2.05, 4.69) is 5.32 Å². The van der Waals surface area contributed by atoms with Crippen LogP contribution in [0, 0.1) is 0 Å². The Morgan fingerprint density at radius 2 is 1.75 bits per heavy atom. The van der Waals surface area contributed by atoms with Gasteiger partial charge in [0, 0.05) is 25.4 Å². The van der Waals surface area contributed by atoms with Crippen molar-refractivity contribution in [1.29, 1.82) is 0 Å². The van der Waals surface area contributed by atoms with E-state index < -0.39 is 5.92 Å². The Hall–Kier alpha value is -0.550. The van der Waals surface area contributed by atoms with Gasteiger partial charge in [0.25, 0.3) is 5.92 Å². The zero-order chi connectivity index (χ0) is 13.7. The predicted molar refractivity (Wildman–Crippen MR) is 77.2 cm³/mol. The molecular formula is C15H28F2N2O. The van der Waals surface area contributed by atoms with Gasteiger partial charge < -0.3 is 5.32 Å². The summed E-state index contributed by atoms with van der Waals surface area (Å²) in [5, 5.41) is 3.22. The van der Waals surface area contributed by atoms with E-state index in [-0.39, 0.29) is 20.5 Å². The molecule has 3 fully saturated rings. The highest BCUT2D eigenvalue weighted by Gasteiger charge is 2.46. The number of piperidine rings is 1. The smallest absolute Gasteiger partial charge is 0.272 e. The number of halogens is 2. The third-order valence-corrected chi connectivity index (χ3v) is 4.07. The van der Waals surface area contributed by atoms with Crippen LogP contribution in [0.25, 0.3) is 0 Å². The minimum Gasteiger partial charge on any atom is -0.315 e. The topological polar surface area (TPSA) is 32.3 Å². The van der Waals surface area contributed by atoms with Crippen LogP contribution in [0.2, 0.25) is 0 Å². The van der Waals surface area contributed by atoms with Gasteiger partial charge >= 0.3 is 0 Å². The molecule has 0 aromatic carbocycles. The highest BCUT2D eigenvalue weighted by molar-refractivity contribution is 5.78. The Bertz CT molecular complexity index is 288. The summed E-state index contributed by atoms with van der Waals surface area (Å²) in [7, 11) is 0. The molecule has 1 saturated carbocycles. The van der Waals surface area contributed by atoms with Crippen molar-refractivity contribution in [3.05, 3.63) is 0 Å².